The lowest BCUT2D eigenvalue weighted by molar-refractivity contribution is -0.139. The third-order valence-electron chi connectivity index (χ3n) is 2.34. The molecule has 0 spiro atoms. The van der Waals surface area contributed by atoms with Gasteiger partial charge in [-0.3, -0.25) is 0 Å². The van der Waals surface area contributed by atoms with Gasteiger partial charge in [0.1, 0.15) is 0 Å². The number of aromatic hydroxyl groups is 1. The Balaban J connectivity index is 3.65. The molecule has 0 amide bonds. The van der Waals surface area contributed by atoms with Gasteiger partial charge in [0.2, 0.25) is 0 Å². The van der Waals surface area contributed by atoms with Crippen LogP contribution in [-0.2, 0) is 6.18 Å². The van der Waals surface area contributed by atoms with E-state index in [-0.39, 0.29) is 5.56 Å². The number of alkyl halides is 3. The highest BCUT2D eigenvalue weighted by atomic mass is 19.4. The van der Waals surface area contributed by atoms with E-state index in [0.717, 1.165) is 6.07 Å². The van der Waals surface area contributed by atoms with Crippen LogP contribution in [0.3, 0.4) is 0 Å². The third kappa shape index (κ3) is 2.13. The van der Waals surface area contributed by atoms with Gasteiger partial charge in [-0.1, -0.05) is 13.8 Å². The average Bonchev–Trinajstić information content (AvgIpc) is 2.07. The van der Waals surface area contributed by atoms with Gasteiger partial charge in [0, 0.05) is 5.56 Å². The van der Waals surface area contributed by atoms with Crippen molar-refractivity contribution in [2.24, 2.45) is 0 Å². The molecular formula is C11H12F4O. The lowest BCUT2D eigenvalue weighted by Gasteiger charge is -2.19. The Morgan fingerprint density at radius 3 is 2.12 bits per heavy atom. The number of hydrogen-bond donors (Lipinski definition) is 1. The van der Waals surface area contributed by atoms with E-state index in [1.54, 1.807) is 0 Å². The summed E-state index contributed by atoms with van der Waals surface area (Å²) < 4.78 is 51.7. The van der Waals surface area contributed by atoms with Crippen LogP contribution in [0.4, 0.5) is 17.6 Å². The third-order valence-corrected chi connectivity index (χ3v) is 2.34. The summed E-state index contributed by atoms with van der Waals surface area (Å²) in [6, 6.07) is 0.796. The number of hydrogen-bond acceptors (Lipinski definition) is 1. The molecule has 0 aromatic heterocycles. The minimum atomic E-state index is -4.61. The highest BCUT2D eigenvalue weighted by Crippen LogP contribution is 2.41. The topological polar surface area (TPSA) is 20.2 Å². The predicted octanol–water partition coefficient (Wildman–Crippen LogP) is 3.98. The second kappa shape index (κ2) is 3.96. The maximum absolute atomic E-state index is 13.5. The van der Waals surface area contributed by atoms with Crippen LogP contribution in [0.25, 0.3) is 0 Å². The number of aryl methyl sites for hydroxylation is 1. The van der Waals surface area contributed by atoms with Crippen LogP contribution in [0.1, 0.15) is 36.5 Å². The molecule has 1 nitrogen and oxygen atoms in total. The minimum Gasteiger partial charge on any atom is -0.505 e. The Bertz CT molecular complexity index is 407. The summed E-state index contributed by atoms with van der Waals surface area (Å²) in [6.07, 6.45) is -4.61. The molecule has 0 aliphatic heterocycles. The van der Waals surface area contributed by atoms with Crippen LogP contribution in [0.2, 0.25) is 0 Å². The minimum absolute atomic E-state index is 0.171. The second-order valence-corrected chi connectivity index (χ2v) is 3.97. The van der Waals surface area contributed by atoms with Crippen molar-refractivity contribution < 1.29 is 22.7 Å². The molecule has 0 saturated carbocycles. The van der Waals surface area contributed by atoms with E-state index in [9.17, 15) is 22.7 Å². The standard InChI is InChI=1S/C11H12F4O/c1-5(2)8-9(11(13,14)15)6(3)4-7(16)10(8)12/h4-5,16H,1-3H3. The van der Waals surface area contributed by atoms with E-state index in [1.807, 2.05) is 0 Å². The van der Waals surface area contributed by atoms with Crippen molar-refractivity contribution in [1.82, 2.24) is 0 Å². The first kappa shape index (κ1) is 12.8. The molecule has 1 N–H and O–H groups in total. The molecule has 0 saturated heterocycles. The lowest BCUT2D eigenvalue weighted by atomic mass is 9.92. The zero-order valence-corrected chi connectivity index (χ0v) is 9.11. The molecule has 0 unspecified atom stereocenters. The maximum atomic E-state index is 13.5. The van der Waals surface area contributed by atoms with E-state index in [1.165, 1.54) is 20.8 Å². The van der Waals surface area contributed by atoms with Gasteiger partial charge in [0.15, 0.2) is 11.6 Å². The molecule has 1 aromatic carbocycles. The van der Waals surface area contributed by atoms with Gasteiger partial charge >= 0.3 is 6.18 Å². The van der Waals surface area contributed by atoms with E-state index in [4.69, 9.17) is 0 Å². The van der Waals surface area contributed by atoms with Gasteiger partial charge in [-0.05, 0) is 24.5 Å². The molecule has 0 aliphatic carbocycles. The molecule has 1 aromatic rings. The Morgan fingerprint density at radius 2 is 1.75 bits per heavy atom. The number of halogens is 4. The van der Waals surface area contributed by atoms with Gasteiger partial charge in [0.05, 0.1) is 5.56 Å². The van der Waals surface area contributed by atoms with Crippen molar-refractivity contribution in [2.45, 2.75) is 32.9 Å². The smallest absolute Gasteiger partial charge is 0.417 e. The van der Waals surface area contributed by atoms with Crippen molar-refractivity contribution in [3.8, 4) is 5.75 Å². The van der Waals surface area contributed by atoms with Gasteiger partial charge in [0.25, 0.3) is 0 Å². The first-order valence-corrected chi connectivity index (χ1v) is 4.75. The number of rotatable bonds is 1. The summed E-state index contributed by atoms with van der Waals surface area (Å²) in [6.45, 7) is 4.10. The van der Waals surface area contributed by atoms with Gasteiger partial charge in [-0.25, -0.2) is 4.39 Å². The maximum Gasteiger partial charge on any atom is 0.417 e. The molecule has 0 bridgehead atoms. The number of phenols is 1. The highest BCUT2D eigenvalue weighted by molar-refractivity contribution is 5.45. The molecule has 5 heteroatoms. The van der Waals surface area contributed by atoms with Crippen LogP contribution in [0.15, 0.2) is 6.07 Å². The van der Waals surface area contributed by atoms with Crippen LogP contribution < -0.4 is 0 Å². The molecule has 16 heavy (non-hydrogen) atoms. The lowest BCUT2D eigenvalue weighted by Crippen LogP contribution is -2.14. The van der Waals surface area contributed by atoms with Crippen LogP contribution >= 0.6 is 0 Å². The quantitative estimate of drug-likeness (QED) is 0.731. The normalized spacial score (nSPS) is 12.2. The highest BCUT2D eigenvalue weighted by Gasteiger charge is 2.38. The zero-order chi connectivity index (χ0) is 12.7. The van der Waals surface area contributed by atoms with Crippen LogP contribution in [0.5, 0.6) is 5.75 Å². The van der Waals surface area contributed by atoms with Crippen LogP contribution in [-0.4, -0.2) is 5.11 Å². The Kier molecular flexibility index (Phi) is 3.17. The van der Waals surface area contributed by atoms with Crippen molar-refractivity contribution in [1.29, 1.82) is 0 Å². The van der Waals surface area contributed by atoms with E-state index < -0.39 is 34.8 Å². The van der Waals surface area contributed by atoms with Gasteiger partial charge in [-0.2, -0.15) is 13.2 Å². The monoisotopic (exact) mass is 236 g/mol. The summed E-state index contributed by atoms with van der Waals surface area (Å²) in [7, 11) is 0. The van der Waals surface area contributed by atoms with Crippen LogP contribution in [0, 0.1) is 12.7 Å². The van der Waals surface area contributed by atoms with E-state index >= 15 is 0 Å². The summed E-state index contributed by atoms with van der Waals surface area (Å²) in [5.74, 6) is -2.58. The second-order valence-electron chi connectivity index (χ2n) is 3.97. The number of phenolic OH excluding ortho intramolecular Hbond substituents is 1. The Morgan fingerprint density at radius 1 is 1.25 bits per heavy atom. The van der Waals surface area contributed by atoms with Gasteiger partial charge in [-0.15, -0.1) is 0 Å². The fourth-order valence-corrected chi connectivity index (χ4v) is 1.72. The van der Waals surface area contributed by atoms with Crippen molar-refractivity contribution in [3.05, 3.63) is 28.6 Å². The molecule has 0 fully saturated rings. The summed E-state index contributed by atoms with van der Waals surface area (Å²) in [5, 5.41) is 9.18. The number of benzene rings is 1. The first-order chi connectivity index (χ1) is 7.16. The van der Waals surface area contributed by atoms with Gasteiger partial charge < -0.3 is 5.11 Å². The summed E-state index contributed by atoms with van der Waals surface area (Å²) in [4.78, 5) is 0. The van der Waals surface area contributed by atoms with E-state index in [0.29, 0.717) is 0 Å². The van der Waals surface area contributed by atoms with Crippen molar-refractivity contribution in [3.63, 3.8) is 0 Å². The van der Waals surface area contributed by atoms with Crippen molar-refractivity contribution in [2.75, 3.05) is 0 Å². The summed E-state index contributed by atoms with van der Waals surface area (Å²) in [5.41, 5.74) is -1.64. The first-order valence-electron chi connectivity index (χ1n) is 4.75. The molecule has 0 heterocycles. The molecular weight excluding hydrogens is 224 g/mol. The molecule has 0 radical (unpaired) electrons. The average molecular weight is 236 g/mol. The zero-order valence-electron chi connectivity index (χ0n) is 9.11. The van der Waals surface area contributed by atoms with Crippen molar-refractivity contribution >= 4 is 0 Å². The largest absolute Gasteiger partial charge is 0.505 e. The Labute approximate surface area is 90.7 Å². The molecule has 1 rings (SSSR count). The van der Waals surface area contributed by atoms with E-state index in [2.05, 4.69) is 0 Å². The fourth-order valence-electron chi connectivity index (χ4n) is 1.72. The molecule has 0 atom stereocenters. The fraction of sp³-hybridized carbons (Fsp3) is 0.455. The predicted molar refractivity (Wildman–Crippen MR) is 51.9 cm³/mol. The SMILES string of the molecule is Cc1cc(O)c(F)c(C(C)C)c1C(F)(F)F. The summed E-state index contributed by atoms with van der Waals surface area (Å²) >= 11 is 0. The molecule has 90 valence electrons. The Hall–Kier alpha value is -1.26. The molecule has 0 aliphatic rings.